The second kappa shape index (κ2) is 4.97. The third-order valence-electron chi connectivity index (χ3n) is 4.40. The first kappa shape index (κ1) is 12.5. The molecule has 0 aliphatic carbocycles. The number of hydrogen-bond donors (Lipinski definition) is 0. The standard InChI is InChI=1S/C19H18N2/c1-21-12-16-5-2-3-7-17(16)18(13-21)15-9-8-14-6-4-10-20-19(14)11-15/h2-11,18H,12-13H2,1H3/t18-/m1/s1. The van der Waals surface area contributed by atoms with E-state index in [2.05, 4.69) is 65.5 Å². The summed E-state index contributed by atoms with van der Waals surface area (Å²) in [6, 6.07) is 19.6. The zero-order chi connectivity index (χ0) is 14.2. The van der Waals surface area contributed by atoms with E-state index in [-0.39, 0.29) is 0 Å². The van der Waals surface area contributed by atoms with Crippen LogP contribution in [0, 0.1) is 0 Å². The summed E-state index contributed by atoms with van der Waals surface area (Å²) in [5.74, 6) is 0.436. The van der Waals surface area contributed by atoms with Crippen LogP contribution in [0.4, 0.5) is 0 Å². The molecule has 0 spiro atoms. The van der Waals surface area contributed by atoms with Gasteiger partial charge in [-0.1, -0.05) is 42.5 Å². The largest absolute Gasteiger partial charge is 0.301 e. The monoisotopic (exact) mass is 274 g/mol. The fraction of sp³-hybridized carbons (Fsp3) is 0.211. The van der Waals surface area contributed by atoms with Crippen molar-refractivity contribution in [2.45, 2.75) is 12.5 Å². The van der Waals surface area contributed by atoms with Gasteiger partial charge in [-0.05, 0) is 35.9 Å². The van der Waals surface area contributed by atoms with E-state index in [0.29, 0.717) is 5.92 Å². The van der Waals surface area contributed by atoms with E-state index in [1.807, 2.05) is 12.3 Å². The Kier molecular flexibility index (Phi) is 2.97. The molecule has 0 amide bonds. The molecule has 1 atom stereocenters. The molecule has 2 heteroatoms. The van der Waals surface area contributed by atoms with Gasteiger partial charge >= 0.3 is 0 Å². The Morgan fingerprint density at radius 2 is 1.95 bits per heavy atom. The van der Waals surface area contributed by atoms with Gasteiger partial charge in [0.05, 0.1) is 5.52 Å². The van der Waals surface area contributed by atoms with Crippen molar-refractivity contribution in [1.29, 1.82) is 0 Å². The Bertz CT molecular complexity index is 794. The fourth-order valence-electron chi connectivity index (χ4n) is 3.37. The first-order valence-corrected chi connectivity index (χ1v) is 7.42. The topological polar surface area (TPSA) is 16.1 Å². The zero-order valence-corrected chi connectivity index (χ0v) is 12.2. The van der Waals surface area contributed by atoms with E-state index < -0.39 is 0 Å². The van der Waals surface area contributed by atoms with Crippen LogP contribution in [0.15, 0.2) is 60.8 Å². The molecule has 0 saturated heterocycles. The summed E-state index contributed by atoms with van der Waals surface area (Å²) in [5.41, 5.74) is 5.35. The van der Waals surface area contributed by atoms with Crippen molar-refractivity contribution in [1.82, 2.24) is 9.88 Å². The van der Waals surface area contributed by atoms with Crippen LogP contribution in [0.2, 0.25) is 0 Å². The van der Waals surface area contributed by atoms with E-state index >= 15 is 0 Å². The second-order valence-electron chi connectivity index (χ2n) is 5.90. The van der Waals surface area contributed by atoms with Crippen LogP contribution in [0.25, 0.3) is 10.9 Å². The van der Waals surface area contributed by atoms with Crippen molar-refractivity contribution in [3.8, 4) is 0 Å². The quantitative estimate of drug-likeness (QED) is 0.671. The Labute approximate surface area is 125 Å². The molecule has 0 unspecified atom stereocenters. The third kappa shape index (κ3) is 2.22. The molecule has 0 fully saturated rings. The number of nitrogens with zero attached hydrogens (tertiary/aromatic N) is 2. The molecule has 0 bridgehead atoms. The molecule has 104 valence electrons. The van der Waals surface area contributed by atoms with E-state index in [9.17, 15) is 0 Å². The number of benzene rings is 2. The van der Waals surface area contributed by atoms with Crippen LogP contribution in [-0.2, 0) is 6.54 Å². The van der Waals surface area contributed by atoms with E-state index in [0.717, 1.165) is 18.6 Å². The van der Waals surface area contributed by atoms with Crippen LogP contribution >= 0.6 is 0 Å². The van der Waals surface area contributed by atoms with Gasteiger partial charge in [-0.25, -0.2) is 0 Å². The summed E-state index contributed by atoms with van der Waals surface area (Å²) in [5, 5.41) is 1.21. The molecule has 1 aliphatic rings. The maximum Gasteiger partial charge on any atom is 0.0704 e. The summed E-state index contributed by atoms with van der Waals surface area (Å²) < 4.78 is 0. The summed E-state index contributed by atoms with van der Waals surface area (Å²) in [6.07, 6.45) is 1.87. The van der Waals surface area contributed by atoms with Crippen molar-refractivity contribution < 1.29 is 0 Å². The zero-order valence-electron chi connectivity index (χ0n) is 12.2. The molecule has 0 saturated carbocycles. The first-order chi connectivity index (χ1) is 10.3. The minimum atomic E-state index is 0.436. The van der Waals surface area contributed by atoms with Crippen LogP contribution in [0.5, 0.6) is 0 Å². The van der Waals surface area contributed by atoms with Gasteiger partial charge in [0.25, 0.3) is 0 Å². The van der Waals surface area contributed by atoms with Gasteiger partial charge in [-0.15, -0.1) is 0 Å². The van der Waals surface area contributed by atoms with E-state index in [4.69, 9.17) is 0 Å². The molecule has 1 aromatic heterocycles. The van der Waals surface area contributed by atoms with Gasteiger partial charge in [-0.3, -0.25) is 4.98 Å². The van der Waals surface area contributed by atoms with Crippen LogP contribution < -0.4 is 0 Å². The summed E-state index contributed by atoms with van der Waals surface area (Å²) >= 11 is 0. The van der Waals surface area contributed by atoms with Crippen molar-refractivity contribution in [3.63, 3.8) is 0 Å². The fourth-order valence-corrected chi connectivity index (χ4v) is 3.37. The second-order valence-corrected chi connectivity index (χ2v) is 5.90. The van der Waals surface area contributed by atoms with Gasteiger partial charge in [0.1, 0.15) is 0 Å². The molecule has 2 nitrogen and oxygen atoms in total. The molecule has 21 heavy (non-hydrogen) atoms. The maximum atomic E-state index is 4.50. The van der Waals surface area contributed by atoms with Crippen molar-refractivity contribution >= 4 is 10.9 Å². The molecule has 0 radical (unpaired) electrons. The Morgan fingerprint density at radius 3 is 2.90 bits per heavy atom. The number of aromatic nitrogens is 1. The molecular formula is C19H18N2. The SMILES string of the molecule is CN1Cc2ccccc2[C@@H](c2ccc3cccnc3c2)C1. The van der Waals surface area contributed by atoms with Crippen LogP contribution in [0.3, 0.4) is 0 Å². The minimum absolute atomic E-state index is 0.436. The lowest BCUT2D eigenvalue weighted by molar-refractivity contribution is 0.295. The van der Waals surface area contributed by atoms with Crippen molar-refractivity contribution in [2.24, 2.45) is 0 Å². The van der Waals surface area contributed by atoms with Gasteiger partial charge in [-0.2, -0.15) is 0 Å². The highest BCUT2D eigenvalue weighted by molar-refractivity contribution is 5.79. The molecule has 3 aromatic rings. The van der Waals surface area contributed by atoms with Crippen molar-refractivity contribution in [3.05, 3.63) is 77.5 Å². The summed E-state index contributed by atoms with van der Waals surface area (Å²) in [7, 11) is 2.20. The molecule has 2 heterocycles. The Balaban J connectivity index is 1.84. The average Bonchev–Trinajstić information content (AvgIpc) is 2.53. The molecule has 2 aromatic carbocycles. The number of pyridine rings is 1. The Hall–Kier alpha value is -2.19. The molecule has 1 aliphatic heterocycles. The Morgan fingerprint density at radius 1 is 1.05 bits per heavy atom. The predicted molar refractivity (Wildman–Crippen MR) is 86.4 cm³/mol. The van der Waals surface area contributed by atoms with E-state index in [1.54, 1.807) is 0 Å². The number of fused-ring (bicyclic) bond motifs is 2. The lowest BCUT2D eigenvalue weighted by atomic mass is 9.84. The van der Waals surface area contributed by atoms with Crippen molar-refractivity contribution in [2.75, 3.05) is 13.6 Å². The lowest BCUT2D eigenvalue weighted by Gasteiger charge is -2.32. The van der Waals surface area contributed by atoms with Crippen LogP contribution in [-0.4, -0.2) is 23.5 Å². The number of rotatable bonds is 1. The number of hydrogen-bond acceptors (Lipinski definition) is 2. The molecular weight excluding hydrogens is 256 g/mol. The highest BCUT2D eigenvalue weighted by Gasteiger charge is 2.24. The predicted octanol–water partition coefficient (Wildman–Crippen LogP) is 3.81. The third-order valence-corrected chi connectivity index (χ3v) is 4.40. The van der Waals surface area contributed by atoms with Gasteiger partial charge < -0.3 is 4.90 Å². The van der Waals surface area contributed by atoms with E-state index in [1.165, 1.54) is 22.1 Å². The van der Waals surface area contributed by atoms with Crippen LogP contribution in [0.1, 0.15) is 22.6 Å². The summed E-state index contributed by atoms with van der Waals surface area (Å²) in [4.78, 5) is 6.90. The minimum Gasteiger partial charge on any atom is -0.301 e. The molecule has 0 N–H and O–H groups in total. The lowest BCUT2D eigenvalue weighted by Crippen LogP contribution is -2.30. The number of likely N-dealkylation sites (N-methyl/N-ethyl adjacent to an activating group) is 1. The van der Waals surface area contributed by atoms with Gasteiger partial charge in [0.2, 0.25) is 0 Å². The normalized spacial score (nSPS) is 18.6. The smallest absolute Gasteiger partial charge is 0.0704 e. The maximum absolute atomic E-state index is 4.50. The molecule has 4 rings (SSSR count). The summed E-state index contributed by atoms with van der Waals surface area (Å²) in [6.45, 7) is 2.11. The highest BCUT2D eigenvalue weighted by atomic mass is 15.1. The first-order valence-electron chi connectivity index (χ1n) is 7.42. The highest BCUT2D eigenvalue weighted by Crippen LogP contribution is 2.33. The van der Waals surface area contributed by atoms with Gasteiger partial charge in [0, 0.05) is 30.6 Å². The average molecular weight is 274 g/mol. The van der Waals surface area contributed by atoms with Gasteiger partial charge in [0.15, 0.2) is 0 Å².